The van der Waals surface area contributed by atoms with Crippen LogP contribution in [0.4, 0.5) is 29.2 Å². The maximum atomic E-state index is 14.2. The van der Waals surface area contributed by atoms with E-state index in [9.17, 15) is 17.6 Å². The lowest BCUT2D eigenvalue weighted by Crippen LogP contribution is -2.11. The van der Waals surface area contributed by atoms with E-state index in [0.29, 0.717) is 11.4 Å². The molecule has 0 saturated heterocycles. The van der Waals surface area contributed by atoms with Gasteiger partial charge in [0.05, 0.1) is 22.5 Å². The Morgan fingerprint density at radius 3 is 2.25 bits per heavy atom. The van der Waals surface area contributed by atoms with Crippen LogP contribution in [0.1, 0.15) is 39.1 Å². The van der Waals surface area contributed by atoms with Crippen molar-refractivity contribution in [2.24, 2.45) is 0 Å². The lowest BCUT2D eigenvalue weighted by Gasteiger charge is -2.11. The van der Waals surface area contributed by atoms with E-state index in [1.54, 1.807) is 30.5 Å². The van der Waals surface area contributed by atoms with Gasteiger partial charge in [-0.05, 0) is 44.2 Å². The number of aromatic amines is 1. The first-order chi connectivity index (χ1) is 15.1. The van der Waals surface area contributed by atoms with Crippen molar-refractivity contribution in [2.75, 3.05) is 5.32 Å². The van der Waals surface area contributed by atoms with Crippen molar-refractivity contribution in [3.8, 4) is 11.4 Å². The van der Waals surface area contributed by atoms with E-state index in [1.165, 1.54) is 26.1 Å². The smallest absolute Gasteiger partial charge is 0.339 e. The van der Waals surface area contributed by atoms with Gasteiger partial charge in [-0.25, -0.2) is 19.3 Å². The van der Waals surface area contributed by atoms with Gasteiger partial charge >= 0.3 is 6.18 Å². The lowest BCUT2D eigenvalue weighted by atomic mass is 10.1. The molecule has 3 aromatic heterocycles. The third-order valence-electron chi connectivity index (χ3n) is 4.29. The number of benzene rings is 1. The van der Waals surface area contributed by atoms with E-state index in [-0.39, 0.29) is 28.5 Å². The normalized spacial score (nSPS) is 11.8. The molecule has 0 saturated carbocycles. The molecule has 0 aliphatic rings. The first kappa shape index (κ1) is 23.1. The third kappa shape index (κ3) is 5.01. The summed E-state index contributed by atoms with van der Waals surface area (Å²) in [5.74, 6) is -0.0928. The Morgan fingerprint density at radius 2 is 1.62 bits per heavy atom. The number of pyridine rings is 1. The predicted octanol–water partition coefficient (Wildman–Crippen LogP) is 6.41. The van der Waals surface area contributed by atoms with Gasteiger partial charge in [-0.1, -0.05) is 19.9 Å². The van der Waals surface area contributed by atoms with Crippen LogP contribution in [0, 0.1) is 0 Å². The predicted molar refractivity (Wildman–Crippen MR) is 115 cm³/mol. The van der Waals surface area contributed by atoms with E-state index >= 15 is 0 Å². The van der Waals surface area contributed by atoms with E-state index in [4.69, 9.17) is 0 Å². The first-order valence-electron chi connectivity index (χ1n) is 9.93. The topological polar surface area (TPSA) is 79.4 Å². The van der Waals surface area contributed by atoms with Crippen molar-refractivity contribution in [2.45, 2.75) is 39.5 Å². The molecular formula is C22H22F4N6. The SMILES string of the molecule is CC.CC(C)(F)c1nc2c(C(F)(F)F)cc(Nc3nccc(-c4ccccn4)n3)cc2[nH]1. The molecule has 0 aliphatic heterocycles. The monoisotopic (exact) mass is 446 g/mol. The van der Waals surface area contributed by atoms with E-state index in [2.05, 4.69) is 30.2 Å². The summed E-state index contributed by atoms with van der Waals surface area (Å²) in [6.07, 6.45) is -1.60. The van der Waals surface area contributed by atoms with Crippen LogP contribution in [0.5, 0.6) is 0 Å². The Labute approximate surface area is 182 Å². The minimum Gasteiger partial charge on any atom is -0.339 e. The number of nitrogens with zero attached hydrogens (tertiary/aromatic N) is 4. The fourth-order valence-corrected chi connectivity index (χ4v) is 2.89. The van der Waals surface area contributed by atoms with Crippen LogP contribution in [0.25, 0.3) is 22.4 Å². The number of aromatic nitrogens is 5. The molecule has 4 aromatic rings. The van der Waals surface area contributed by atoms with Gasteiger partial charge in [-0.2, -0.15) is 13.2 Å². The molecule has 0 spiro atoms. The molecule has 0 amide bonds. The molecule has 3 heterocycles. The molecule has 2 N–H and O–H groups in total. The van der Waals surface area contributed by atoms with Crippen LogP contribution in [0.3, 0.4) is 0 Å². The highest BCUT2D eigenvalue weighted by Gasteiger charge is 2.35. The Morgan fingerprint density at radius 1 is 0.875 bits per heavy atom. The van der Waals surface area contributed by atoms with Gasteiger partial charge in [0.1, 0.15) is 11.3 Å². The molecule has 32 heavy (non-hydrogen) atoms. The highest BCUT2D eigenvalue weighted by Crippen LogP contribution is 2.38. The fourth-order valence-electron chi connectivity index (χ4n) is 2.89. The van der Waals surface area contributed by atoms with Crippen molar-refractivity contribution in [3.63, 3.8) is 0 Å². The maximum absolute atomic E-state index is 14.2. The van der Waals surface area contributed by atoms with Gasteiger partial charge in [0.2, 0.25) is 5.95 Å². The molecule has 0 unspecified atom stereocenters. The average Bonchev–Trinajstić information content (AvgIpc) is 3.19. The van der Waals surface area contributed by atoms with Gasteiger partial charge in [0, 0.05) is 18.1 Å². The summed E-state index contributed by atoms with van der Waals surface area (Å²) in [5, 5.41) is 2.78. The van der Waals surface area contributed by atoms with Crippen molar-refractivity contribution < 1.29 is 17.6 Å². The molecule has 0 radical (unpaired) electrons. The number of alkyl halides is 4. The molecule has 0 fully saturated rings. The van der Waals surface area contributed by atoms with Gasteiger partial charge < -0.3 is 10.3 Å². The average molecular weight is 446 g/mol. The standard InChI is InChI=1S/C20H16F4N6.C2H6/c1-19(2,21)17-28-15-10-11(9-12(16(15)30-17)20(22,23)24)27-18-26-8-6-14(29-18)13-5-3-4-7-25-13;1-2/h3-10H,1-2H3,(H,28,30)(H,26,27,29);1-2H3. The number of hydrogen-bond donors (Lipinski definition) is 2. The zero-order valence-corrected chi connectivity index (χ0v) is 17.9. The molecule has 0 bridgehead atoms. The van der Waals surface area contributed by atoms with Crippen LogP contribution >= 0.6 is 0 Å². The van der Waals surface area contributed by atoms with E-state index in [1.807, 2.05) is 13.8 Å². The summed E-state index contributed by atoms with van der Waals surface area (Å²) in [5.41, 5.74) is -2.03. The summed E-state index contributed by atoms with van der Waals surface area (Å²) in [6.45, 7) is 6.43. The number of nitrogens with one attached hydrogen (secondary N) is 2. The number of rotatable bonds is 4. The summed E-state index contributed by atoms with van der Waals surface area (Å²) in [4.78, 5) is 19.0. The quantitative estimate of drug-likeness (QED) is 0.354. The number of anilines is 2. The summed E-state index contributed by atoms with van der Waals surface area (Å²) >= 11 is 0. The first-order valence-corrected chi connectivity index (χ1v) is 9.93. The van der Waals surface area contributed by atoms with Gasteiger partial charge in [0.15, 0.2) is 5.67 Å². The van der Waals surface area contributed by atoms with Crippen LogP contribution < -0.4 is 5.32 Å². The second-order valence-corrected chi connectivity index (χ2v) is 7.08. The molecule has 168 valence electrons. The largest absolute Gasteiger partial charge is 0.418 e. The Balaban J connectivity index is 0.00000141. The molecule has 0 atom stereocenters. The van der Waals surface area contributed by atoms with Gasteiger partial charge in [-0.3, -0.25) is 4.98 Å². The fraction of sp³-hybridized carbons (Fsp3) is 0.273. The van der Waals surface area contributed by atoms with Crippen LogP contribution in [0.2, 0.25) is 0 Å². The second kappa shape index (κ2) is 8.89. The summed E-state index contributed by atoms with van der Waals surface area (Å²) < 4.78 is 55.1. The number of imidazole rings is 1. The Hall–Kier alpha value is -3.56. The second-order valence-electron chi connectivity index (χ2n) is 7.08. The Bertz CT molecular complexity index is 1200. The highest BCUT2D eigenvalue weighted by atomic mass is 19.4. The zero-order chi connectivity index (χ0) is 23.5. The van der Waals surface area contributed by atoms with Crippen molar-refractivity contribution in [1.82, 2.24) is 24.9 Å². The van der Waals surface area contributed by atoms with E-state index in [0.717, 1.165) is 6.07 Å². The molecule has 4 rings (SSSR count). The van der Waals surface area contributed by atoms with Crippen molar-refractivity contribution >= 4 is 22.7 Å². The number of halogens is 4. The van der Waals surface area contributed by atoms with Crippen LogP contribution in [-0.4, -0.2) is 24.9 Å². The summed E-state index contributed by atoms with van der Waals surface area (Å²) in [6, 6.07) is 9.25. The van der Waals surface area contributed by atoms with Crippen LogP contribution in [0.15, 0.2) is 48.8 Å². The minimum absolute atomic E-state index is 0.0499. The third-order valence-corrected chi connectivity index (χ3v) is 4.29. The highest BCUT2D eigenvalue weighted by molar-refractivity contribution is 5.84. The molecule has 6 nitrogen and oxygen atoms in total. The molecule has 10 heteroatoms. The lowest BCUT2D eigenvalue weighted by molar-refractivity contribution is -0.136. The van der Waals surface area contributed by atoms with Crippen LogP contribution in [-0.2, 0) is 11.8 Å². The van der Waals surface area contributed by atoms with Gasteiger partial charge in [0.25, 0.3) is 0 Å². The maximum Gasteiger partial charge on any atom is 0.418 e. The van der Waals surface area contributed by atoms with Crippen molar-refractivity contribution in [1.29, 1.82) is 0 Å². The molecular weight excluding hydrogens is 424 g/mol. The Kier molecular flexibility index (Phi) is 6.42. The van der Waals surface area contributed by atoms with E-state index < -0.39 is 17.4 Å². The number of fused-ring (bicyclic) bond motifs is 1. The number of hydrogen-bond acceptors (Lipinski definition) is 5. The minimum atomic E-state index is -4.68. The zero-order valence-electron chi connectivity index (χ0n) is 17.9. The van der Waals surface area contributed by atoms with Crippen molar-refractivity contribution in [3.05, 3.63) is 60.2 Å². The molecule has 0 aliphatic carbocycles. The van der Waals surface area contributed by atoms with Gasteiger partial charge in [-0.15, -0.1) is 0 Å². The summed E-state index contributed by atoms with van der Waals surface area (Å²) in [7, 11) is 0. The molecule has 1 aromatic carbocycles. The number of H-pyrrole nitrogens is 1.